The third-order valence-corrected chi connectivity index (χ3v) is 15.9. The highest BCUT2D eigenvalue weighted by molar-refractivity contribution is 6.16. The van der Waals surface area contributed by atoms with Crippen LogP contribution in [0, 0.1) is 0 Å². The van der Waals surface area contributed by atoms with Crippen LogP contribution in [-0.2, 0) is 0 Å². The first-order chi connectivity index (χ1) is 45.0. The molecule has 10 aromatic heterocycles. The summed E-state index contributed by atoms with van der Waals surface area (Å²) in [6.45, 7) is 2.06. The number of hydrogen-bond acceptors (Lipinski definition) is 13. The molecule has 10 heterocycles. The van der Waals surface area contributed by atoms with E-state index < -0.39 is 0 Å². The second-order valence-electron chi connectivity index (χ2n) is 21.6. The fraction of sp³-hybridized carbons (Fsp3) is 0.0385. The van der Waals surface area contributed by atoms with Crippen LogP contribution in [0.1, 0.15) is 13.3 Å². The van der Waals surface area contributed by atoms with Crippen molar-refractivity contribution in [2.24, 2.45) is 4.99 Å². The first kappa shape index (κ1) is 55.2. The number of benzene rings is 6. The molecule has 6 aromatic carbocycles. The molecular formula is C78H53N11O2. The Hall–Kier alpha value is -12.4. The van der Waals surface area contributed by atoms with Crippen molar-refractivity contribution in [3.05, 3.63) is 268 Å². The predicted molar refractivity (Wildman–Crippen MR) is 363 cm³/mol. The van der Waals surface area contributed by atoms with Crippen LogP contribution in [0.15, 0.2) is 282 Å². The van der Waals surface area contributed by atoms with Crippen molar-refractivity contribution in [3.63, 3.8) is 0 Å². The van der Waals surface area contributed by atoms with Crippen molar-refractivity contribution < 1.29 is 8.83 Å². The Morgan fingerprint density at radius 3 is 1.12 bits per heavy atom. The molecule has 0 aliphatic heterocycles. The Morgan fingerprint density at radius 2 is 0.714 bits per heavy atom. The number of furan rings is 2. The third-order valence-electron chi connectivity index (χ3n) is 15.9. The van der Waals surface area contributed by atoms with Gasteiger partial charge in [-0.2, -0.15) is 0 Å². The zero-order chi connectivity index (χ0) is 61.0. The minimum absolute atomic E-state index is 0.552. The van der Waals surface area contributed by atoms with Gasteiger partial charge in [-0.25, -0.2) is 29.9 Å². The molecule has 0 aliphatic carbocycles. The third kappa shape index (κ3) is 10.7. The van der Waals surface area contributed by atoms with Gasteiger partial charge in [0.25, 0.3) is 0 Å². The average Bonchev–Trinajstić information content (AvgIpc) is 1.69. The number of hydrogen-bond donors (Lipinski definition) is 0. The van der Waals surface area contributed by atoms with Crippen molar-refractivity contribution in [3.8, 4) is 124 Å². The number of pyridine rings is 6. The normalized spacial score (nSPS) is 11.4. The Balaban J connectivity index is 0.00000133. The molecule has 0 bridgehead atoms. The highest BCUT2D eigenvalue weighted by Gasteiger charge is 2.27. The number of aromatic nitrogens is 10. The lowest BCUT2D eigenvalue weighted by atomic mass is 9.93. The number of nitrogens with zero attached hydrogens (tertiary/aromatic N) is 11. The van der Waals surface area contributed by atoms with Crippen LogP contribution in [0.2, 0.25) is 0 Å². The number of fused-ring (bicyclic) bond motifs is 6. The van der Waals surface area contributed by atoms with Gasteiger partial charge in [0.05, 0.1) is 39.7 Å². The summed E-state index contributed by atoms with van der Waals surface area (Å²) in [7, 11) is 1.78. The van der Waals surface area contributed by atoms with Gasteiger partial charge in [-0.1, -0.05) is 140 Å². The van der Waals surface area contributed by atoms with Gasteiger partial charge in [-0.15, -0.1) is 0 Å². The highest BCUT2D eigenvalue weighted by Crippen LogP contribution is 2.47. The maximum Gasteiger partial charge on any atom is 0.163 e. The van der Waals surface area contributed by atoms with Crippen LogP contribution in [0.3, 0.4) is 0 Å². The Labute approximate surface area is 523 Å². The van der Waals surface area contributed by atoms with E-state index >= 15 is 0 Å². The van der Waals surface area contributed by atoms with E-state index in [-0.39, 0.29) is 0 Å². The van der Waals surface area contributed by atoms with Gasteiger partial charge in [-0.3, -0.25) is 19.9 Å². The summed E-state index contributed by atoms with van der Waals surface area (Å²) in [5.74, 6) is 1.19. The van der Waals surface area contributed by atoms with E-state index in [9.17, 15) is 0 Å². The van der Waals surface area contributed by atoms with Gasteiger partial charge in [0, 0.05) is 128 Å². The summed E-state index contributed by atoms with van der Waals surface area (Å²) in [6.07, 6.45) is 17.3. The molecule has 0 radical (unpaired) electrons. The minimum Gasteiger partial charge on any atom is -0.454 e. The van der Waals surface area contributed by atoms with Crippen LogP contribution in [0.4, 0.5) is 0 Å². The molecule has 0 aliphatic rings. The smallest absolute Gasteiger partial charge is 0.163 e. The van der Waals surface area contributed by atoms with E-state index in [0.29, 0.717) is 50.8 Å². The van der Waals surface area contributed by atoms with Crippen LogP contribution >= 0.6 is 0 Å². The maximum atomic E-state index is 7.13. The zero-order valence-electron chi connectivity index (χ0n) is 49.4. The van der Waals surface area contributed by atoms with E-state index in [0.717, 1.165) is 124 Å². The van der Waals surface area contributed by atoms with Crippen LogP contribution in [0.25, 0.3) is 168 Å². The molecule has 16 rings (SSSR count). The fourth-order valence-electron chi connectivity index (χ4n) is 11.7. The van der Waals surface area contributed by atoms with Gasteiger partial charge < -0.3 is 13.8 Å². The van der Waals surface area contributed by atoms with Gasteiger partial charge in [-0.05, 0) is 109 Å². The highest BCUT2D eigenvalue weighted by atomic mass is 16.3. The number of aliphatic imine (C=N–C) groups is 1. The summed E-state index contributed by atoms with van der Waals surface area (Å²) in [5.41, 5.74) is 19.5. The average molecular weight is 1180 g/mol. The first-order valence-corrected chi connectivity index (χ1v) is 29.9. The zero-order valence-corrected chi connectivity index (χ0v) is 49.4. The largest absolute Gasteiger partial charge is 0.454 e. The Morgan fingerprint density at radius 1 is 0.330 bits per heavy atom. The molecule has 91 heavy (non-hydrogen) atoms. The van der Waals surface area contributed by atoms with Crippen molar-refractivity contribution in [2.45, 2.75) is 13.3 Å². The molecule has 0 amide bonds. The van der Waals surface area contributed by atoms with Gasteiger partial charge in [0.2, 0.25) is 0 Å². The van der Waals surface area contributed by atoms with Crippen molar-refractivity contribution in [2.75, 3.05) is 7.05 Å². The van der Waals surface area contributed by atoms with Crippen LogP contribution in [-0.4, -0.2) is 63.1 Å². The van der Waals surface area contributed by atoms with Crippen molar-refractivity contribution in [1.29, 1.82) is 0 Å². The molecule has 0 unspecified atom stereocenters. The fourth-order valence-corrected chi connectivity index (χ4v) is 11.7. The van der Waals surface area contributed by atoms with Gasteiger partial charge >= 0.3 is 0 Å². The molecule has 13 nitrogen and oxygen atoms in total. The Kier molecular flexibility index (Phi) is 14.8. The van der Waals surface area contributed by atoms with E-state index in [1.807, 2.05) is 164 Å². The van der Waals surface area contributed by atoms with Gasteiger partial charge in [0.15, 0.2) is 22.8 Å². The summed E-state index contributed by atoms with van der Waals surface area (Å²) in [5, 5.41) is 2.54. The molecule has 16 aromatic rings. The summed E-state index contributed by atoms with van der Waals surface area (Å²) in [4.78, 5) is 53.7. The van der Waals surface area contributed by atoms with Crippen molar-refractivity contribution in [1.82, 2.24) is 49.8 Å². The number of rotatable bonds is 12. The Bertz CT molecular complexity index is 4860. The topological polar surface area (TPSA) is 168 Å². The lowest BCUT2D eigenvalue weighted by Gasteiger charge is -2.17. The minimum atomic E-state index is 0.552. The molecule has 13 heteroatoms. The predicted octanol–water partition coefficient (Wildman–Crippen LogP) is 18.9. The second-order valence-corrected chi connectivity index (χ2v) is 21.6. The molecule has 0 spiro atoms. The second kappa shape index (κ2) is 24.4. The standard InChI is InChI=1S/C74H44N10O2.C4H9N/c1-5-13-45(14-6-1)59-43-56-55-41-53(63-65(47-25-33-75-34-26-47)81-73(51-17-9-3-10-18-51)82-66(63)48-27-35-76-36-28-48)21-23-61(55)85-71(56)70(80-59)58-44-60(46-15-7-2-8-16-46)79-69-57-42-54(22-24-62(57)86-72(58)69)64-67(49-29-37-77-38-30-49)83-74(52-19-11-4-12-20-52)84-68(64)50-31-39-78-40-32-50;1-3-4-5-2/h1-44H;4H,3H2,1-2H3. The van der Waals surface area contributed by atoms with E-state index in [1.165, 1.54) is 0 Å². The van der Waals surface area contributed by atoms with E-state index in [4.69, 9.17) is 38.7 Å². The SMILES string of the molecule is CCC=NC.c1ccc(-c2cc3c(oc4ccc(-c5c(-c6ccncc6)nc(-c6ccccc6)nc5-c5ccncc5)cc43)c(-c3cc(-c4ccccc4)nc4c3oc3ccc(-c5c(-c6ccncc6)nc(-c6ccccc6)nc5-c5ccncc5)cc34)n2)cc1. The lowest BCUT2D eigenvalue weighted by Crippen LogP contribution is -2.01. The molecule has 0 fully saturated rings. The molecule has 432 valence electrons. The molecule has 0 atom stereocenters. The molecular weight excluding hydrogens is 1120 g/mol. The first-order valence-electron chi connectivity index (χ1n) is 29.9. The van der Waals surface area contributed by atoms with E-state index in [2.05, 4.69) is 92.5 Å². The maximum absolute atomic E-state index is 7.13. The van der Waals surface area contributed by atoms with Crippen LogP contribution < -0.4 is 0 Å². The van der Waals surface area contributed by atoms with E-state index in [1.54, 1.807) is 56.6 Å². The summed E-state index contributed by atoms with van der Waals surface area (Å²) < 4.78 is 14.2. The van der Waals surface area contributed by atoms with Crippen LogP contribution in [0.5, 0.6) is 0 Å². The lowest BCUT2D eigenvalue weighted by molar-refractivity contribution is 0.663. The molecule has 0 saturated heterocycles. The quantitative estimate of drug-likeness (QED) is 0.106. The monoisotopic (exact) mass is 1180 g/mol. The summed E-state index contributed by atoms with van der Waals surface area (Å²) in [6, 6.07) is 73.2. The summed E-state index contributed by atoms with van der Waals surface area (Å²) >= 11 is 0. The molecule has 0 saturated carbocycles. The van der Waals surface area contributed by atoms with Gasteiger partial charge in [0.1, 0.15) is 22.4 Å². The molecule has 0 N–H and O–H groups in total. The van der Waals surface area contributed by atoms with Crippen molar-refractivity contribution >= 4 is 50.2 Å².